The zero-order valence-corrected chi connectivity index (χ0v) is 13.5. The predicted octanol–water partition coefficient (Wildman–Crippen LogP) is 1.96. The number of benzene rings is 1. The maximum absolute atomic E-state index is 12.2. The van der Waals surface area contributed by atoms with E-state index in [2.05, 4.69) is 0 Å². The van der Waals surface area contributed by atoms with E-state index < -0.39 is 17.0 Å². The first kappa shape index (κ1) is 17.5. The molecule has 1 N–H and O–H groups in total. The Labute approximate surface area is 138 Å². The van der Waals surface area contributed by atoms with Crippen LogP contribution in [0.1, 0.15) is 24.2 Å². The van der Waals surface area contributed by atoms with Gasteiger partial charge in [0.1, 0.15) is 0 Å². The van der Waals surface area contributed by atoms with Crippen LogP contribution in [0, 0.1) is 10.1 Å². The molecule has 0 spiro atoms. The minimum absolute atomic E-state index is 0.0969. The molecule has 1 heterocycles. The minimum atomic E-state index is -1.01. The molecule has 9 heteroatoms. The number of esters is 1. The zero-order valence-electron chi connectivity index (χ0n) is 13.5. The number of anilines is 1. The number of nitro benzene ring substituents is 1. The molecular formula is C15H19N3O6. The molecule has 1 fully saturated rings. The fourth-order valence-corrected chi connectivity index (χ4v) is 2.82. The van der Waals surface area contributed by atoms with Crippen LogP contribution < -0.4 is 4.90 Å². The number of hydrogen-bond acceptors (Lipinski definition) is 6. The van der Waals surface area contributed by atoms with Gasteiger partial charge in [0.15, 0.2) is 5.56 Å². The summed E-state index contributed by atoms with van der Waals surface area (Å²) in [7, 11) is 0. The van der Waals surface area contributed by atoms with E-state index in [1.54, 1.807) is 24.8 Å². The number of carboxylic acid groups (broad SMARTS) is 1. The lowest BCUT2D eigenvalue weighted by Gasteiger charge is -2.39. The smallest absolute Gasteiger partial charge is 0.407 e. The van der Waals surface area contributed by atoms with Crippen molar-refractivity contribution >= 4 is 23.4 Å². The molecule has 130 valence electrons. The Morgan fingerprint density at radius 3 is 2.67 bits per heavy atom. The Kier molecular flexibility index (Phi) is 5.22. The average molecular weight is 337 g/mol. The third-order valence-corrected chi connectivity index (χ3v) is 3.91. The fourth-order valence-electron chi connectivity index (χ4n) is 2.82. The minimum Gasteiger partial charge on any atom is -0.465 e. The Morgan fingerprint density at radius 1 is 1.42 bits per heavy atom. The Morgan fingerprint density at radius 2 is 2.12 bits per heavy atom. The Hall–Kier alpha value is -2.84. The number of carbonyl (C=O) groups is 2. The van der Waals surface area contributed by atoms with E-state index in [1.165, 1.54) is 17.0 Å². The molecular weight excluding hydrogens is 318 g/mol. The van der Waals surface area contributed by atoms with Crippen molar-refractivity contribution in [1.82, 2.24) is 4.90 Å². The van der Waals surface area contributed by atoms with Gasteiger partial charge >= 0.3 is 12.1 Å². The summed E-state index contributed by atoms with van der Waals surface area (Å²) in [5.41, 5.74) is -0.0286. The molecule has 1 aromatic carbocycles. The fraction of sp³-hybridized carbons (Fsp3) is 0.467. The molecule has 1 aromatic rings. The van der Waals surface area contributed by atoms with Gasteiger partial charge in [0.05, 0.1) is 17.2 Å². The van der Waals surface area contributed by atoms with E-state index in [-0.39, 0.29) is 30.4 Å². The molecule has 0 aliphatic carbocycles. The highest BCUT2D eigenvalue weighted by atomic mass is 16.6. The molecule has 0 saturated carbocycles. The lowest BCUT2D eigenvalue weighted by molar-refractivity contribution is -0.385. The van der Waals surface area contributed by atoms with Gasteiger partial charge in [0.2, 0.25) is 0 Å². The Bertz CT molecular complexity index is 663. The van der Waals surface area contributed by atoms with E-state index >= 15 is 0 Å². The van der Waals surface area contributed by atoms with Crippen LogP contribution in [0.4, 0.5) is 16.2 Å². The summed E-state index contributed by atoms with van der Waals surface area (Å²) in [6.07, 6.45) is -1.01. The van der Waals surface area contributed by atoms with Crippen LogP contribution in [0.25, 0.3) is 0 Å². The second kappa shape index (κ2) is 7.16. The lowest BCUT2D eigenvalue weighted by Crippen LogP contribution is -2.54. The molecule has 0 radical (unpaired) electrons. The third kappa shape index (κ3) is 3.39. The second-order valence-electron chi connectivity index (χ2n) is 5.42. The van der Waals surface area contributed by atoms with Crippen molar-refractivity contribution in [2.75, 3.05) is 31.1 Å². The van der Waals surface area contributed by atoms with Crippen LogP contribution in [-0.2, 0) is 4.74 Å². The van der Waals surface area contributed by atoms with Crippen LogP contribution in [0.2, 0.25) is 0 Å². The summed E-state index contributed by atoms with van der Waals surface area (Å²) in [6, 6.07) is 4.07. The monoisotopic (exact) mass is 337 g/mol. The number of amides is 1. The van der Waals surface area contributed by atoms with Crippen LogP contribution in [0.5, 0.6) is 0 Å². The van der Waals surface area contributed by atoms with Gasteiger partial charge in [-0.05, 0) is 19.9 Å². The van der Waals surface area contributed by atoms with Gasteiger partial charge in [-0.3, -0.25) is 10.1 Å². The lowest BCUT2D eigenvalue weighted by atomic mass is 10.1. The first-order valence-electron chi connectivity index (χ1n) is 7.55. The molecule has 1 saturated heterocycles. The van der Waals surface area contributed by atoms with Gasteiger partial charge in [-0.1, -0.05) is 6.07 Å². The number of piperazine rings is 1. The number of rotatable bonds is 4. The van der Waals surface area contributed by atoms with Crippen molar-refractivity contribution in [1.29, 1.82) is 0 Å². The molecule has 1 aliphatic rings. The summed E-state index contributed by atoms with van der Waals surface area (Å²) in [5, 5.41) is 20.4. The number of ether oxygens (including phenoxy) is 1. The second-order valence-corrected chi connectivity index (χ2v) is 5.42. The molecule has 24 heavy (non-hydrogen) atoms. The van der Waals surface area contributed by atoms with Crippen molar-refractivity contribution < 1.29 is 24.4 Å². The highest BCUT2D eigenvalue weighted by Crippen LogP contribution is 2.31. The van der Waals surface area contributed by atoms with Crippen molar-refractivity contribution in [2.45, 2.75) is 19.9 Å². The first-order valence-corrected chi connectivity index (χ1v) is 7.55. The van der Waals surface area contributed by atoms with Crippen LogP contribution in [-0.4, -0.2) is 59.3 Å². The van der Waals surface area contributed by atoms with E-state index in [1.807, 2.05) is 0 Å². The number of hydrogen-bond donors (Lipinski definition) is 1. The zero-order chi connectivity index (χ0) is 17.9. The average Bonchev–Trinajstić information content (AvgIpc) is 2.53. The van der Waals surface area contributed by atoms with Crippen molar-refractivity contribution in [2.24, 2.45) is 0 Å². The maximum Gasteiger partial charge on any atom is 0.407 e. The summed E-state index contributed by atoms with van der Waals surface area (Å²) < 4.78 is 4.96. The SMILES string of the molecule is CCOC(=O)c1c(N2CCN(C(=O)O)C(C)C2)cccc1[N+](=O)[O-]. The van der Waals surface area contributed by atoms with Crippen LogP contribution in [0.15, 0.2) is 18.2 Å². The van der Waals surface area contributed by atoms with Gasteiger partial charge in [-0.25, -0.2) is 9.59 Å². The number of carbonyl (C=O) groups excluding carboxylic acids is 1. The summed E-state index contributed by atoms with van der Waals surface area (Å²) >= 11 is 0. The van der Waals surface area contributed by atoms with Gasteiger partial charge in [-0.2, -0.15) is 0 Å². The van der Waals surface area contributed by atoms with Crippen LogP contribution >= 0.6 is 0 Å². The van der Waals surface area contributed by atoms with Gasteiger partial charge in [0.25, 0.3) is 5.69 Å². The van der Waals surface area contributed by atoms with Crippen molar-refractivity contribution in [3.63, 3.8) is 0 Å². The Balaban J connectivity index is 2.40. The van der Waals surface area contributed by atoms with E-state index in [9.17, 15) is 19.7 Å². The summed E-state index contributed by atoms with van der Waals surface area (Å²) in [4.78, 5) is 37.1. The van der Waals surface area contributed by atoms with Crippen LogP contribution in [0.3, 0.4) is 0 Å². The molecule has 1 unspecified atom stereocenters. The first-order chi connectivity index (χ1) is 11.4. The largest absolute Gasteiger partial charge is 0.465 e. The topological polar surface area (TPSA) is 113 Å². The molecule has 0 aromatic heterocycles. The highest BCUT2D eigenvalue weighted by molar-refractivity contribution is 6.00. The normalized spacial score (nSPS) is 17.5. The highest BCUT2D eigenvalue weighted by Gasteiger charge is 2.32. The van der Waals surface area contributed by atoms with Gasteiger partial charge in [-0.15, -0.1) is 0 Å². The van der Waals surface area contributed by atoms with E-state index in [0.717, 1.165) is 0 Å². The summed E-state index contributed by atoms with van der Waals surface area (Å²) in [5.74, 6) is -0.756. The molecule has 9 nitrogen and oxygen atoms in total. The van der Waals surface area contributed by atoms with E-state index in [0.29, 0.717) is 18.8 Å². The molecule has 1 amide bonds. The summed E-state index contributed by atoms with van der Waals surface area (Å²) in [6.45, 7) is 4.40. The molecule has 1 atom stereocenters. The van der Waals surface area contributed by atoms with E-state index in [4.69, 9.17) is 9.84 Å². The number of nitro groups is 1. The maximum atomic E-state index is 12.2. The van der Waals surface area contributed by atoms with Crippen molar-refractivity contribution in [3.8, 4) is 0 Å². The predicted molar refractivity (Wildman–Crippen MR) is 85.5 cm³/mol. The van der Waals surface area contributed by atoms with Gasteiger partial charge < -0.3 is 19.6 Å². The molecule has 2 rings (SSSR count). The molecule has 0 bridgehead atoms. The third-order valence-electron chi connectivity index (χ3n) is 3.91. The van der Waals surface area contributed by atoms with Crippen molar-refractivity contribution in [3.05, 3.63) is 33.9 Å². The number of nitrogens with zero attached hydrogens (tertiary/aromatic N) is 3. The standard InChI is InChI=1S/C15H19N3O6/c1-3-24-14(19)13-11(5-4-6-12(13)18(22)23)16-7-8-17(15(20)21)10(2)9-16/h4-6,10H,3,7-9H2,1-2H3,(H,20,21). The molecule has 1 aliphatic heterocycles. The quantitative estimate of drug-likeness (QED) is 0.507. The van der Waals surface area contributed by atoms with Gasteiger partial charge in [0, 0.05) is 31.7 Å².